The van der Waals surface area contributed by atoms with Crippen molar-refractivity contribution in [3.63, 3.8) is 0 Å². The van der Waals surface area contributed by atoms with Gasteiger partial charge in [0.2, 0.25) is 23.0 Å². The number of benzene rings is 2. The minimum atomic E-state index is -0.735. The number of nitrogens with zero attached hydrogens (tertiary/aromatic N) is 2. The van der Waals surface area contributed by atoms with Crippen molar-refractivity contribution in [2.45, 2.75) is 52.1 Å². The van der Waals surface area contributed by atoms with E-state index in [0.717, 1.165) is 16.7 Å². The van der Waals surface area contributed by atoms with E-state index in [1.165, 1.54) is 26.4 Å². The lowest BCUT2D eigenvalue weighted by atomic mass is 9.95. The summed E-state index contributed by atoms with van der Waals surface area (Å²) in [4.78, 5) is 44.2. The molecule has 12 heteroatoms. The third-order valence-corrected chi connectivity index (χ3v) is 8.54. The monoisotopic (exact) mass is 640 g/mol. The normalized spacial score (nSPS) is 14.8. The summed E-state index contributed by atoms with van der Waals surface area (Å²) >= 11 is 0. The zero-order chi connectivity index (χ0) is 33.7. The molecule has 1 aromatic heterocycles. The van der Waals surface area contributed by atoms with Crippen molar-refractivity contribution in [2.24, 2.45) is 5.92 Å². The lowest BCUT2D eigenvalue weighted by Crippen LogP contribution is -2.40. The second-order valence-electron chi connectivity index (χ2n) is 11.5. The van der Waals surface area contributed by atoms with Crippen LogP contribution in [0.4, 0.5) is 11.4 Å². The number of rotatable bonds is 11. The summed E-state index contributed by atoms with van der Waals surface area (Å²) in [5, 5.41) is 16.0. The van der Waals surface area contributed by atoms with Gasteiger partial charge in [-0.2, -0.15) is 5.10 Å². The molecular weight excluding hydrogens is 600 g/mol. The lowest BCUT2D eigenvalue weighted by molar-refractivity contribution is -0.120. The Hall–Kier alpha value is -5.39. The molecule has 0 saturated heterocycles. The number of carbonyl (C=O) groups is 2. The van der Waals surface area contributed by atoms with Gasteiger partial charge in [0.25, 0.3) is 0 Å². The second kappa shape index (κ2) is 14.4. The van der Waals surface area contributed by atoms with Crippen LogP contribution in [0.1, 0.15) is 50.8 Å². The number of aryl methyl sites for hydroxylation is 1. The van der Waals surface area contributed by atoms with Crippen LogP contribution in [0.15, 0.2) is 59.7 Å². The van der Waals surface area contributed by atoms with E-state index in [1.807, 2.05) is 38.1 Å². The molecule has 2 amide bonds. The van der Waals surface area contributed by atoms with Crippen molar-refractivity contribution in [1.29, 1.82) is 0 Å². The highest BCUT2D eigenvalue weighted by Gasteiger charge is 2.30. The van der Waals surface area contributed by atoms with E-state index in [0.29, 0.717) is 59.1 Å². The van der Waals surface area contributed by atoms with Crippen LogP contribution in [-0.4, -0.2) is 54.4 Å². The standard InChI is InChI=1S/C35H40N6O6/c1-7-19(2)31(35(44)39-23-10-8-9-22(15-23)34-36-18-37-41-34)40-27-14-12-24-25(17-28(27)43)26(38-20(3)42)13-11-21-16-29(45-4)32(46-5)33(47-6)30(21)24/h8-10,12,14-19,26,31H,7,11,13H2,1-6H3,(H,38,42)(H,39,44)(H,40,43)(H,36,37,41)/t19-,26+,31+/m0/s1. The summed E-state index contributed by atoms with van der Waals surface area (Å²) in [6.07, 6.45) is 3.23. The molecule has 1 aliphatic rings. The van der Waals surface area contributed by atoms with E-state index in [9.17, 15) is 14.4 Å². The Morgan fingerprint density at radius 3 is 2.49 bits per heavy atom. The molecule has 0 spiro atoms. The number of carbonyl (C=O) groups excluding carboxylic acids is 2. The first-order valence-corrected chi connectivity index (χ1v) is 15.5. The van der Waals surface area contributed by atoms with E-state index in [4.69, 9.17) is 14.2 Å². The van der Waals surface area contributed by atoms with E-state index < -0.39 is 12.1 Å². The third-order valence-electron chi connectivity index (χ3n) is 8.54. The van der Waals surface area contributed by atoms with Gasteiger partial charge in [-0.15, -0.1) is 0 Å². The molecule has 3 atom stereocenters. The molecule has 12 nitrogen and oxygen atoms in total. The number of ether oxygens (including phenoxy) is 3. The molecule has 0 bridgehead atoms. The van der Waals surface area contributed by atoms with Crippen LogP contribution < -0.4 is 35.6 Å². The van der Waals surface area contributed by atoms with E-state index >= 15 is 0 Å². The number of anilines is 2. The molecule has 0 saturated carbocycles. The van der Waals surface area contributed by atoms with Crippen LogP contribution in [0.2, 0.25) is 0 Å². The molecule has 4 N–H and O–H groups in total. The fraction of sp³-hybridized carbons (Fsp3) is 0.343. The van der Waals surface area contributed by atoms with Crippen LogP contribution in [0.5, 0.6) is 17.2 Å². The van der Waals surface area contributed by atoms with Crippen molar-refractivity contribution in [3.05, 3.63) is 76.2 Å². The summed E-state index contributed by atoms with van der Waals surface area (Å²) in [7, 11) is 4.66. The van der Waals surface area contributed by atoms with Gasteiger partial charge in [-0.3, -0.25) is 19.5 Å². The third kappa shape index (κ3) is 6.91. The summed E-state index contributed by atoms with van der Waals surface area (Å²) < 4.78 is 17.2. The van der Waals surface area contributed by atoms with Crippen LogP contribution in [0.25, 0.3) is 22.5 Å². The maximum atomic E-state index is 13.9. The van der Waals surface area contributed by atoms with Gasteiger partial charge in [-0.05, 0) is 65.8 Å². The van der Waals surface area contributed by atoms with E-state index in [1.54, 1.807) is 32.4 Å². The highest BCUT2D eigenvalue weighted by Crippen LogP contribution is 2.50. The van der Waals surface area contributed by atoms with Gasteiger partial charge in [0, 0.05) is 23.7 Å². The smallest absolute Gasteiger partial charge is 0.247 e. The van der Waals surface area contributed by atoms with Gasteiger partial charge >= 0.3 is 0 Å². The number of fused-ring (bicyclic) bond motifs is 3. The Morgan fingerprint density at radius 1 is 1.04 bits per heavy atom. The molecule has 0 unspecified atom stereocenters. The summed E-state index contributed by atoms with van der Waals surface area (Å²) in [6.45, 7) is 5.40. The molecule has 246 valence electrons. The first-order chi connectivity index (χ1) is 22.7. The Morgan fingerprint density at radius 2 is 1.83 bits per heavy atom. The number of hydrogen-bond donors (Lipinski definition) is 4. The molecule has 1 aliphatic carbocycles. The number of amides is 2. The van der Waals surface area contributed by atoms with E-state index in [2.05, 4.69) is 31.1 Å². The van der Waals surface area contributed by atoms with Crippen molar-refractivity contribution in [2.75, 3.05) is 32.0 Å². The van der Waals surface area contributed by atoms with Crippen LogP contribution in [0.3, 0.4) is 0 Å². The predicted octanol–water partition coefficient (Wildman–Crippen LogP) is 5.11. The summed E-state index contributed by atoms with van der Waals surface area (Å²) in [5.41, 5.74) is 4.28. The SMILES string of the molecule is CC[C@H](C)[C@@H](Nc1ccc2c(cc1=O)[C@H](NC(C)=O)CCc1cc(OC)c(OC)c(OC)c1-2)C(=O)Nc1cccc(-c2ncn[nH]2)c1. The maximum absolute atomic E-state index is 13.9. The van der Waals surface area contributed by atoms with Crippen LogP contribution >= 0.6 is 0 Å². The Labute approximate surface area is 273 Å². The minimum Gasteiger partial charge on any atom is -0.493 e. The molecule has 0 aliphatic heterocycles. The number of aromatic amines is 1. The number of nitrogens with one attached hydrogen (secondary N) is 4. The summed E-state index contributed by atoms with van der Waals surface area (Å²) in [5.74, 6) is 1.35. The summed E-state index contributed by atoms with van der Waals surface area (Å²) in [6, 6.07) is 13.1. The minimum absolute atomic E-state index is 0.125. The first kappa shape index (κ1) is 33.0. The van der Waals surface area contributed by atoms with Gasteiger partial charge < -0.3 is 30.2 Å². The number of methoxy groups -OCH3 is 3. The van der Waals surface area contributed by atoms with Gasteiger partial charge in [0.05, 0.1) is 33.1 Å². The predicted molar refractivity (Wildman–Crippen MR) is 180 cm³/mol. The first-order valence-electron chi connectivity index (χ1n) is 15.5. The molecule has 3 aromatic carbocycles. The van der Waals surface area contributed by atoms with Gasteiger partial charge in [0.15, 0.2) is 17.3 Å². The maximum Gasteiger partial charge on any atom is 0.247 e. The largest absolute Gasteiger partial charge is 0.493 e. The quantitative estimate of drug-likeness (QED) is 0.175. The van der Waals surface area contributed by atoms with Crippen molar-refractivity contribution >= 4 is 23.2 Å². The van der Waals surface area contributed by atoms with Crippen molar-refractivity contribution in [3.8, 4) is 39.8 Å². The molecule has 47 heavy (non-hydrogen) atoms. The van der Waals surface area contributed by atoms with Gasteiger partial charge in [-0.1, -0.05) is 38.5 Å². The second-order valence-corrected chi connectivity index (χ2v) is 11.5. The number of aromatic nitrogens is 3. The van der Waals surface area contributed by atoms with Gasteiger partial charge in [-0.25, -0.2) is 4.98 Å². The highest BCUT2D eigenvalue weighted by molar-refractivity contribution is 5.97. The van der Waals surface area contributed by atoms with Crippen molar-refractivity contribution in [1.82, 2.24) is 20.5 Å². The van der Waals surface area contributed by atoms with Crippen LogP contribution in [0, 0.1) is 5.92 Å². The number of hydrogen-bond acceptors (Lipinski definition) is 9. The van der Waals surface area contributed by atoms with Gasteiger partial charge in [0.1, 0.15) is 12.4 Å². The fourth-order valence-electron chi connectivity index (χ4n) is 6.01. The lowest BCUT2D eigenvalue weighted by Gasteiger charge is -2.24. The topological polar surface area (TPSA) is 157 Å². The van der Waals surface area contributed by atoms with Crippen LogP contribution in [-0.2, 0) is 16.0 Å². The Kier molecular flexibility index (Phi) is 10.1. The molecular formula is C35H40N6O6. The molecule has 0 fully saturated rings. The molecule has 0 radical (unpaired) electrons. The Bertz CT molecular complexity index is 1830. The highest BCUT2D eigenvalue weighted by atomic mass is 16.5. The molecule has 1 heterocycles. The zero-order valence-corrected chi connectivity index (χ0v) is 27.4. The fourth-order valence-corrected chi connectivity index (χ4v) is 6.01. The van der Waals surface area contributed by atoms with Crippen molar-refractivity contribution < 1.29 is 23.8 Å². The Balaban J connectivity index is 1.57. The zero-order valence-electron chi connectivity index (χ0n) is 27.4. The van der Waals surface area contributed by atoms with E-state index in [-0.39, 0.29) is 28.8 Å². The average molecular weight is 641 g/mol. The average Bonchev–Trinajstić information content (AvgIpc) is 3.51. The molecule has 4 aromatic rings. The number of H-pyrrole nitrogens is 1. The molecule has 5 rings (SSSR count).